The molecule has 196 valence electrons. The summed E-state index contributed by atoms with van der Waals surface area (Å²) in [5, 5.41) is 9.88. The summed E-state index contributed by atoms with van der Waals surface area (Å²) >= 11 is 0. The highest BCUT2D eigenvalue weighted by molar-refractivity contribution is 5.74. The van der Waals surface area contributed by atoms with E-state index in [0.29, 0.717) is 45.6 Å². The minimum atomic E-state index is -0.612. The molecule has 1 unspecified atom stereocenters. The van der Waals surface area contributed by atoms with Crippen molar-refractivity contribution in [1.29, 1.82) is 5.26 Å². The van der Waals surface area contributed by atoms with Crippen molar-refractivity contribution in [2.45, 2.75) is 5.92 Å². The van der Waals surface area contributed by atoms with E-state index in [0.717, 1.165) is 0 Å². The molecule has 0 spiro atoms. The van der Waals surface area contributed by atoms with Crippen LogP contribution in [0.15, 0.2) is 66.1 Å². The number of esters is 1. The number of nitriles is 1. The van der Waals surface area contributed by atoms with Crippen LogP contribution in [-0.4, -0.2) is 41.0 Å². The van der Waals surface area contributed by atoms with E-state index in [2.05, 4.69) is 6.07 Å². The summed E-state index contributed by atoms with van der Waals surface area (Å²) in [6.45, 7) is -0.307. The number of rotatable bonds is 9. The maximum atomic E-state index is 12.4. The second kappa shape index (κ2) is 11.3. The van der Waals surface area contributed by atoms with Gasteiger partial charge in [-0.1, -0.05) is 6.07 Å². The van der Waals surface area contributed by atoms with Crippen molar-refractivity contribution >= 4 is 5.97 Å². The van der Waals surface area contributed by atoms with E-state index in [9.17, 15) is 10.1 Å². The van der Waals surface area contributed by atoms with Crippen LogP contribution in [0.25, 0.3) is 0 Å². The molecule has 38 heavy (non-hydrogen) atoms. The fourth-order valence-electron chi connectivity index (χ4n) is 4.09. The normalized spacial score (nSPS) is 13.9. The van der Waals surface area contributed by atoms with E-state index in [1.54, 1.807) is 55.6 Å². The van der Waals surface area contributed by atoms with Crippen molar-refractivity contribution in [3.8, 4) is 46.3 Å². The maximum Gasteiger partial charge on any atom is 0.349 e. The SMILES string of the molecule is COc1ccc(OCC(=O)Oc2ccc3c(c2)OC(N)=C(C#N)C3c2cc(OC)c(OC)c(OC)c2)cc1. The Labute approximate surface area is 219 Å². The first-order valence-corrected chi connectivity index (χ1v) is 11.4. The van der Waals surface area contributed by atoms with Crippen LogP contribution in [0.2, 0.25) is 0 Å². The fourth-order valence-corrected chi connectivity index (χ4v) is 4.09. The van der Waals surface area contributed by atoms with Gasteiger partial charge in [0.25, 0.3) is 0 Å². The Morgan fingerprint density at radius 2 is 1.53 bits per heavy atom. The fraction of sp³-hybridized carbons (Fsp3) is 0.214. The van der Waals surface area contributed by atoms with Gasteiger partial charge in [-0.15, -0.1) is 0 Å². The van der Waals surface area contributed by atoms with Crippen LogP contribution in [0.4, 0.5) is 0 Å². The van der Waals surface area contributed by atoms with Gasteiger partial charge in [-0.2, -0.15) is 5.26 Å². The topological polar surface area (TPSA) is 131 Å². The molecule has 0 aliphatic carbocycles. The average Bonchev–Trinajstić information content (AvgIpc) is 2.94. The minimum absolute atomic E-state index is 0.0648. The molecule has 3 aromatic rings. The van der Waals surface area contributed by atoms with Crippen LogP contribution in [0.3, 0.4) is 0 Å². The number of nitrogens with zero attached hydrogens (tertiary/aromatic N) is 1. The highest BCUT2D eigenvalue weighted by atomic mass is 16.6. The Morgan fingerprint density at radius 3 is 2.11 bits per heavy atom. The molecule has 1 aliphatic rings. The summed E-state index contributed by atoms with van der Waals surface area (Å²) in [4.78, 5) is 12.4. The zero-order chi connectivity index (χ0) is 27.2. The lowest BCUT2D eigenvalue weighted by Crippen LogP contribution is -2.22. The van der Waals surface area contributed by atoms with Crippen molar-refractivity contribution in [1.82, 2.24) is 0 Å². The summed E-state index contributed by atoms with van der Waals surface area (Å²) in [7, 11) is 6.08. The molecule has 0 fully saturated rings. The molecule has 1 heterocycles. The average molecular weight is 519 g/mol. The monoisotopic (exact) mass is 518 g/mol. The quantitative estimate of drug-likeness (QED) is 0.328. The van der Waals surface area contributed by atoms with Gasteiger partial charge in [0.2, 0.25) is 11.6 Å². The van der Waals surface area contributed by atoms with E-state index in [1.807, 2.05) is 0 Å². The Balaban J connectivity index is 1.60. The molecule has 0 saturated heterocycles. The van der Waals surface area contributed by atoms with E-state index < -0.39 is 11.9 Å². The standard InChI is InChI=1S/C28H26N2O8/c1-32-17-5-7-18(8-6-17)36-15-25(31)37-19-9-10-20-22(13-19)38-28(30)21(14-29)26(20)16-11-23(33-2)27(35-4)24(12-16)34-3/h5-13,26H,15,30H2,1-4H3. The van der Waals surface area contributed by atoms with Gasteiger partial charge >= 0.3 is 5.97 Å². The van der Waals surface area contributed by atoms with Crippen LogP contribution in [0, 0.1) is 11.3 Å². The number of hydrogen-bond acceptors (Lipinski definition) is 10. The number of carbonyl (C=O) groups is 1. The number of benzene rings is 3. The number of methoxy groups -OCH3 is 4. The van der Waals surface area contributed by atoms with Gasteiger partial charge in [-0.25, -0.2) is 4.79 Å². The van der Waals surface area contributed by atoms with Gasteiger partial charge in [0.15, 0.2) is 18.1 Å². The van der Waals surface area contributed by atoms with E-state index in [-0.39, 0.29) is 23.8 Å². The van der Waals surface area contributed by atoms with Gasteiger partial charge in [-0.3, -0.25) is 0 Å². The number of hydrogen-bond donors (Lipinski definition) is 1. The van der Waals surface area contributed by atoms with E-state index >= 15 is 0 Å². The lowest BCUT2D eigenvalue weighted by molar-refractivity contribution is -0.136. The number of ether oxygens (including phenoxy) is 7. The number of carbonyl (C=O) groups excluding carboxylic acids is 1. The van der Waals surface area contributed by atoms with E-state index in [1.165, 1.54) is 27.4 Å². The number of allylic oxidation sites excluding steroid dienone is 1. The first-order valence-electron chi connectivity index (χ1n) is 11.4. The molecule has 1 atom stereocenters. The Hall–Kier alpha value is -5.04. The van der Waals surface area contributed by atoms with Gasteiger partial charge in [-0.05, 0) is 48.0 Å². The maximum absolute atomic E-state index is 12.4. The number of fused-ring (bicyclic) bond motifs is 1. The van der Waals surface area contributed by atoms with Crippen LogP contribution in [-0.2, 0) is 4.79 Å². The van der Waals surface area contributed by atoms with Gasteiger partial charge in [0, 0.05) is 11.6 Å². The lowest BCUT2D eigenvalue weighted by Gasteiger charge is -2.27. The largest absolute Gasteiger partial charge is 0.497 e. The molecule has 0 aromatic heterocycles. The smallest absolute Gasteiger partial charge is 0.349 e. The third-order valence-corrected chi connectivity index (χ3v) is 5.86. The highest BCUT2D eigenvalue weighted by Crippen LogP contribution is 2.47. The molecule has 1 aliphatic heterocycles. The molecule has 10 nitrogen and oxygen atoms in total. The molecule has 4 rings (SSSR count). The third-order valence-electron chi connectivity index (χ3n) is 5.86. The van der Waals surface area contributed by atoms with Crippen LogP contribution < -0.4 is 38.9 Å². The zero-order valence-electron chi connectivity index (χ0n) is 21.3. The lowest BCUT2D eigenvalue weighted by atomic mass is 9.83. The summed E-state index contributed by atoms with van der Waals surface area (Å²) in [5.41, 5.74) is 7.64. The summed E-state index contributed by atoms with van der Waals surface area (Å²) < 4.78 is 38.1. The summed E-state index contributed by atoms with van der Waals surface area (Å²) in [6.07, 6.45) is 0. The van der Waals surface area contributed by atoms with E-state index in [4.69, 9.17) is 38.9 Å². The third kappa shape index (κ3) is 5.22. The van der Waals surface area contributed by atoms with Gasteiger partial charge in [0.05, 0.1) is 34.4 Å². The Morgan fingerprint density at radius 1 is 0.895 bits per heavy atom. The Kier molecular flexibility index (Phi) is 7.77. The molecule has 10 heteroatoms. The highest BCUT2D eigenvalue weighted by Gasteiger charge is 2.32. The van der Waals surface area contributed by atoms with Gasteiger partial charge < -0.3 is 38.9 Å². The van der Waals surface area contributed by atoms with Crippen molar-refractivity contribution < 1.29 is 38.0 Å². The van der Waals surface area contributed by atoms with Crippen LogP contribution in [0.1, 0.15) is 17.0 Å². The van der Waals surface area contributed by atoms with Crippen LogP contribution >= 0.6 is 0 Å². The molecule has 2 N–H and O–H groups in total. The van der Waals surface area contributed by atoms with Crippen molar-refractivity contribution in [3.63, 3.8) is 0 Å². The molecule has 3 aromatic carbocycles. The molecule has 0 bridgehead atoms. The molecule has 0 radical (unpaired) electrons. The Bertz CT molecular complexity index is 1380. The first kappa shape index (κ1) is 26.0. The van der Waals surface area contributed by atoms with Crippen LogP contribution in [0.5, 0.6) is 40.2 Å². The zero-order valence-corrected chi connectivity index (χ0v) is 21.3. The second-order valence-corrected chi connectivity index (χ2v) is 8.02. The predicted molar refractivity (Wildman–Crippen MR) is 136 cm³/mol. The van der Waals surface area contributed by atoms with Crippen molar-refractivity contribution in [3.05, 3.63) is 77.2 Å². The van der Waals surface area contributed by atoms with Crippen molar-refractivity contribution in [2.75, 3.05) is 35.0 Å². The number of nitrogens with two attached hydrogens (primary N) is 1. The summed E-state index contributed by atoms with van der Waals surface area (Å²) in [6, 6.07) is 17.3. The van der Waals surface area contributed by atoms with Gasteiger partial charge in [0.1, 0.15) is 34.6 Å². The predicted octanol–water partition coefficient (Wildman–Crippen LogP) is 3.92. The molecular weight excluding hydrogens is 492 g/mol. The minimum Gasteiger partial charge on any atom is -0.497 e. The molecule has 0 saturated carbocycles. The molecular formula is C28H26N2O8. The first-order chi connectivity index (χ1) is 18.4. The van der Waals surface area contributed by atoms with Crippen molar-refractivity contribution in [2.24, 2.45) is 5.73 Å². The second-order valence-electron chi connectivity index (χ2n) is 8.02. The molecule has 0 amide bonds. The summed E-state index contributed by atoms with van der Waals surface area (Å²) in [5.74, 6) is 1.72.